The summed E-state index contributed by atoms with van der Waals surface area (Å²) in [6.07, 6.45) is 3.77. The summed E-state index contributed by atoms with van der Waals surface area (Å²) in [5, 5.41) is 21.6. The fourth-order valence-electron chi connectivity index (χ4n) is 8.66. The number of fused-ring (bicyclic) bond motifs is 4. The summed E-state index contributed by atoms with van der Waals surface area (Å²) in [5.41, 5.74) is 13.1. The van der Waals surface area contributed by atoms with E-state index in [2.05, 4.69) is 61.0 Å². The third-order valence-corrected chi connectivity index (χ3v) is 13.5. The molecule has 10 rings (SSSR count). The second-order valence-electron chi connectivity index (χ2n) is 17.5. The van der Waals surface area contributed by atoms with Gasteiger partial charge < -0.3 is 42.0 Å². The number of alkyl halides is 2. The van der Waals surface area contributed by atoms with Crippen LogP contribution in [0.4, 0.5) is 33.6 Å². The molecule has 0 saturated carbocycles. The Labute approximate surface area is 598 Å². The molecule has 0 saturated heterocycles. The van der Waals surface area contributed by atoms with E-state index >= 15 is 4.39 Å². The van der Waals surface area contributed by atoms with Crippen molar-refractivity contribution >= 4 is 101 Å². The Hall–Kier alpha value is -5.21. The smallest absolute Gasteiger partial charge is 1.00 e. The van der Waals surface area contributed by atoms with E-state index in [-0.39, 0.29) is 194 Å². The fraction of sp³-hybridized carbons (Fsp3) is 0.278. The van der Waals surface area contributed by atoms with Gasteiger partial charge in [-0.2, -0.15) is 19.0 Å². The molecule has 23 nitrogen and oxygen atoms in total. The number of nitrogen functional groups attached to an aromatic ring is 2. The number of nitrogens with zero attached hydrogens (tertiary/aromatic N) is 11. The molecule has 2 atom stereocenters. The number of H-pyrrole nitrogens is 1. The van der Waals surface area contributed by atoms with Crippen LogP contribution in [-0.2, 0) is 32.2 Å². The largest absolute Gasteiger partial charge is 1.00 e. The molecule has 0 radical (unpaired) electrons. The number of halogens is 8. The van der Waals surface area contributed by atoms with Gasteiger partial charge in [0.25, 0.3) is 17.6 Å². The van der Waals surface area contributed by atoms with Crippen molar-refractivity contribution in [2.75, 3.05) is 60.3 Å². The Kier molecular flexibility index (Phi) is 29.4. The van der Waals surface area contributed by atoms with Gasteiger partial charge in [0, 0.05) is 51.6 Å². The van der Waals surface area contributed by atoms with Gasteiger partial charge in [0.05, 0.1) is 75.9 Å². The summed E-state index contributed by atoms with van der Waals surface area (Å²) in [7, 11) is 4.72. The van der Waals surface area contributed by atoms with Gasteiger partial charge in [0.15, 0.2) is 34.4 Å². The third-order valence-electron chi connectivity index (χ3n) is 12.5. The fourth-order valence-corrected chi connectivity index (χ4v) is 9.51. The Morgan fingerprint density at radius 3 is 1.69 bits per heavy atom. The van der Waals surface area contributed by atoms with Crippen LogP contribution >= 0.6 is 39.1 Å². The van der Waals surface area contributed by atoms with Crippen molar-refractivity contribution < 1.29 is 161 Å². The number of nitrogens with two attached hydrogens (primary N) is 2. The van der Waals surface area contributed by atoms with Gasteiger partial charge in [0.2, 0.25) is 11.6 Å². The minimum Gasteiger partial charge on any atom is -1.00 e. The maximum Gasteiger partial charge on any atom is 1.00 e. The Morgan fingerprint density at radius 1 is 0.724 bits per heavy atom. The normalized spacial score (nSPS) is 11.5. The first kappa shape index (κ1) is 72.5. The van der Waals surface area contributed by atoms with Gasteiger partial charge in [0.1, 0.15) is 47.7 Å². The van der Waals surface area contributed by atoms with E-state index < -0.39 is 36.5 Å². The molecule has 0 bridgehead atoms. The predicted octanol–water partition coefficient (Wildman–Crippen LogP) is 2.94. The summed E-state index contributed by atoms with van der Waals surface area (Å²) in [4.78, 5) is 62.9. The van der Waals surface area contributed by atoms with Gasteiger partial charge in [-0.05, 0) is 75.2 Å². The van der Waals surface area contributed by atoms with Crippen molar-refractivity contribution in [3.8, 4) is 34.0 Å². The van der Waals surface area contributed by atoms with E-state index in [1.807, 2.05) is 6.92 Å². The molecular formula is C54H54BrCl2F5K2N14O9. The van der Waals surface area contributed by atoms with Crippen molar-refractivity contribution in [2.45, 2.75) is 50.6 Å². The maximum atomic E-state index is 15.2. The van der Waals surface area contributed by atoms with Crippen LogP contribution in [0.2, 0.25) is 10.0 Å². The van der Waals surface area contributed by atoms with E-state index in [1.54, 1.807) is 62.1 Å². The van der Waals surface area contributed by atoms with Crippen LogP contribution in [0.25, 0.3) is 66.4 Å². The number of hydrogen-bond acceptors (Lipinski definition) is 19. The minimum absolute atomic E-state index is 0. The summed E-state index contributed by atoms with van der Waals surface area (Å²) in [6, 6.07) is 15.0. The number of benzene rings is 4. The van der Waals surface area contributed by atoms with Crippen molar-refractivity contribution in [1.82, 2.24) is 59.0 Å². The van der Waals surface area contributed by atoms with Gasteiger partial charge in [-0.25, -0.2) is 43.4 Å². The molecule has 0 aliphatic rings. The maximum absolute atomic E-state index is 15.2. The Morgan fingerprint density at radius 2 is 1.20 bits per heavy atom. The number of nitrogens with one attached hydrogen (secondary N) is 1. The molecule has 0 fully saturated rings. The monoisotopic (exact) mass is 1370 g/mol. The third kappa shape index (κ3) is 16.8. The number of methoxy groups -OCH3 is 4. The minimum atomic E-state index is -1.17. The first-order valence-electron chi connectivity index (χ1n) is 25.6. The quantitative estimate of drug-likeness (QED) is 0.0238. The van der Waals surface area contributed by atoms with Crippen LogP contribution in [0.5, 0.6) is 11.5 Å². The zero-order chi connectivity index (χ0) is 62.9. The van der Waals surface area contributed by atoms with E-state index in [0.29, 0.717) is 76.6 Å². The predicted molar refractivity (Wildman–Crippen MR) is 311 cm³/mol. The van der Waals surface area contributed by atoms with Gasteiger partial charge in [-0.3, -0.25) is 33.0 Å². The Balaban J connectivity index is 0.000000351. The molecule has 0 aliphatic carbocycles. The zero-order valence-corrected chi connectivity index (χ0v) is 57.2. The number of aromatic amines is 1. The number of anilines is 2. The molecule has 0 amide bonds. The SMILES string of the molecule is COCCCn1c(C(C)Br)nc2cccc(Cl)c2c1=O.COCCCn1c(C(C)n2nc(-c3ccc(OC)c(F)c3F)c3c(N)ncnc32)nc2cccc(Cl)c2c1=O.COc1ccc(-c2[nH]nc3ncnc(N)c23)c(F)c1F.O=CO[O-].[2H]CF.[H-].[K+].[K+]. The van der Waals surface area contributed by atoms with E-state index in [1.165, 1.54) is 60.4 Å². The van der Waals surface area contributed by atoms with E-state index in [9.17, 15) is 27.2 Å². The number of rotatable bonds is 16. The summed E-state index contributed by atoms with van der Waals surface area (Å²) >= 11 is 16.0. The first-order valence-corrected chi connectivity index (χ1v) is 26.5. The second-order valence-corrected chi connectivity index (χ2v) is 19.7. The Bertz CT molecular complexity index is 4150. The average molecular weight is 1370 g/mol. The summed E-state index contributed by atoms with van der Waals surface area (Å²) < 4.78 is 97.6. The summed E-state index contributed by atoms with van der Waals surface area (Å²) in [5.74, 6) is -3.67. The zero-order valence-electron chi connectivity index (χ0n) is 49.9. The molecule has 87 heavy (non-hydrogen) atoms. The van der Waals surface area contributed by atoms with Crippen molar-refractivity contribution in [2.24, 2.45) is 0 Å². The average Bonchev–Trinajstić information content (AvgIpc) is 2.35. The second kappa shape index (κ2) is 35.3. The topological polar surface area (TPSA) is 306 Å². The van der Waals surface area contributed by atoms with Crippen LogP contribution in [0.1, 0.15) is 52.0 Å². The molecule has 6 heterocycles. The van der Waals surface area contributed by atoms with Gasteiger partial charge in [-0.1, -0.05) is 51.3 Å². The molecule has 0 aliphatic heterocycles. The van der Waals surface area contributed by atoms with Crippen LogP contribution in [0.3, 0.4) is 0 Å². The molecule has 0 spiro atoms. The number of aromatic nitrogens is 12. The van der Waals surface area contributed by atoms with Gasteiger partial charge in [-0.15, -0.1) is 0 Å². The first-order chi connectivity index (χ1) is 41.3. The summed E-state index contributed by atoms with van der Waals surface area (Å²) in [6.45, 7) is 5.41. The van der Waals surface area contributed by atoms with Crippen LogP contribution in [0, 0.1) is 23.3 Å². The van der Waals surface area contributed by atoms with Crippen molar-refractivity contribution in [3.05, 3.63) is 139 Å². The molecule has 2 unspecified atom stereocenters. The molecule has 33 heteroatoms. The van der Waals surface area contributed by atoms with Crippen LogP contribution in [0.15, 0.2) is 82.9 Å². The molecular weight excluding hydrogens is 1310 g/mol. The standard InChI is InChI=1S/C26H24ClF2N7O3.C14H16BrClN2O2.C12H9F2N5O.CH3F.CH2O3.2K.H/c1-13(24-33-16-7-4-6-15(27)18(16)26(37)35(24)10-5-11-38-2)36-25-19(23(30)31-12-32-25)22(34-36)14-8-9-17(39-3)21(29)20(14)28;1-9(15)13-17-11-6-3-5-10(16)12(11)14(19)18(13)7-4-8-20-2;1-20-6-3-2-5(8(13)9(6)14)10-7-11(15)16-4-17-12(7)19-18-10;1-2;2-1-4-3;;;/h4,6-9,12-13H,5,10-11H2,1-3H3,(H2,30,31,32);3,5-6,9H,4,7-8H2,1-2H3;2-4H,1H3,(H3,15,16,17,18,19);1H3;1,3H;;;/q;;;;;2*+1;-1/p-1/i;;;1D;;;;. The van der Waals surface area contributed by atoms with Crippen molar-refractivity contribution in [1.29, 1.82) is 0 Å². The van der Waals surface area contributed by atoms with E-state index in [0.717, 1.165) is 6.42 Å². The number of carbonyl (C=O) groups excluding carboxylic acids is 1. The van der Waals surface area contributed by atoms with Crippen LogP contribution in [-0.4, -0.2) is 114 Å². The molecule has 4 aromatic carbocycles. The molecule has 5 N–H and O–H groups in total. The van der Waals surface area contributed by atoms with Crippen LogP contribution < -0.4 is 140 Å². The molecule has 10 aromatic rings. The van der Waals surface area contributed by atoms with Gasteiger partial charge >= 0.3 is 103 Å². The number of hydrogen-bond donors (Lipinski definition) is 3. The van der Waals surface area contributed by atoms with Crippen molar-refractivity contribution in [3.63, 3.8) is 0 Å². The van der Waals surface area contributed by atoms with E-state index in [4.69, 9.17) is 70.0 Å². The number of ether oxygens (including phenoxy) is 4. The molecule has 452 valence electrons. The molecule has 6 aromatic heterocycles. The number of carbonyl (C=O) groups is 1.